The van der Waals surface area contributed by atoms with Gasteiger partial charge in [0, 0.05) is 5.56 Å². The molecule has 2 aromatic carbocycles. The summed E-state index contributed by atoms with van der Waals surface area (Å²) >= 11 is 11.9. The predicted octanol–water partition coefficient (Wildman–Crippen LogP) is 3.94. The smallest absolute Gasteiger partial charge is 0.130 e. The van der Waals surface area contributed by atoms with Gasteiger partial charge in [-0.2, -0.15) is 0 Å². The fraction of sp³-hybridized carbons (Fsp3) is 0.0714. The first-order chi connectivity index (χ1) is 9.63. The minimum Gasteiger partial charge on any atom is -0.130 e. The van der Waals surface area contributed by atoms with Gasteiger partial charge >= 0.3 is 0 Å². The van der Waals surface area contributed by atoms with Crippen molar-refractivity contribution in [2.24, 2.45) is 0 Å². The van der Waals surface area contributed by atoms with Crippen molar-refractivity contribution in [3.05, 3.63) is 58.1 Å². The molecule has 6 heteroatoms. The summed E-state index contributed by atoms with van der Waals surface area (Å²) < 4.78 is 0. The van der Waals surface area contributed by atoms with Crippen LogP contribution in [0.5, 0.6) is 0 Å². The van der Waals surface area contributed by atoms with E-state index in [1.807, 2.05) is 37.3 Å². The first-order valence-electron chi connectivity index (χ1n) is 5.96. The van der Waals surface area contributed by atoms with Crippen molar-refractivity contribution in [1.29, 1.82) is 0 Å². The van der Waals surface area contributed by atoms with Gasteiger partial charge in [0.1, 0.15) is 0 Å². The second-order valence-corrected chi connectivity index (χ2v) is 5.18. The molecule has 0 fully saturated rings. The van der Waals surface area contributed by atoms with Crippen LogP contribution in [0.3, 0.4) is 0 Å². The van der Waals surface area contributed by atoms with Gasteiger partial charge in [-0.05, 0) is 42.5 Å². The Bertz CT molecular complexity index is 750. The van der Waals surface area contributed by atoms with Crippen molar-refractivity contribution in [2.45, 2.75) is 6.92 Å². The maximum atomic E-state index is 5.99. The Morgan fingerprint density at radius 3 is 2.40 bits per heavy atom. The largest absolute Gasteiger partial charge is 0.205 e. The monoisotopic (exact) mass is 304 g/mol. The van der Waals surface area contributed by atoms with E-state index in [-0.39, 0.29) is 0 Å². The zero-order valence-electron chi connectivity index (χ0n) is 10.6. The molecule has 0 atom stereocenters. The lowest BCUT2D eigenvalue weighted by atomic mass is 10.2. The third kappa shape index (κ3) is 2.53. The third-order valence-electron chi connectivity index (χ3n) is 2.86. The highest BCUT2D eigenvalue weighted by atomic mass is 35.5. The van der Waals surface area contributed by atoms with Gasteiger partial charge in [-0.25, -0.2) is 0 Å². The molecular formula is C14H10Cl2N4. The Kier molecular flexibility index (Phi) is 3.42. The molecule has 0 aliphatic heterocycles. The van der Waals surface area contributed by atoms with E-state index < -0.39 is 0 Å². The highest BCUT2D eigenvalue weighted by Crippen LogP contribution is 2.26. The van der Waals surface area contributed by atoms with Gasteiger partial charge in [-0.1, -0.05) is 40.9 Å². The Hall–Kier alpha value is -1.91. The van der Waals surface area contributed by atoms with Gasteiger partial charge < -0.3 is 0 Å². The molecule has 1 heterocycles. The Labute approximate surface area is 126 Å². The molecule has 0 saturated heterocycles. The molecule has 0 spiro atoms. The number of hydrogen-bond acceptors (Lipinski definition) is 3. The van der Waals surface area contributed by atoms with Gasteiger partial charge in [0.05, 0.1) is 15.7 Å². The van der Waals surface area contributed by atoms with Gasteiger partial charge in [0.2, 0.25) is 5.82 Å². The highest BCUT2D eigenvalue weighted by molar-refractivity contribution is 6.42. The first-order valence-corrected chi connectivity index (χ1v) is 6.71. The summed E-state index contributed by atoms with van der Waals surface area (Å²) in [6.07, 6.45) is 0. The first kappa shape index (κ1) is 13.1. The van der Waals surface area contributed by atoms with Crippen molar-refractivity contribution in [3.8, 4) is 17.1 Å². The van der Waals surface area contributed by atoms with E-state index in [1.165, 1.54) is 10.4 Å². The van der Waals surface area contributed by atoms with Crippen molar-refractivity contribution in [2.75, 3.05) is 0 Å². The second-order valence-electron chi connectivity index (χ2n) is 4.37. The summed E-state index contributed by atoms with van der Waals surface area (Å²) in [6.45, 7) is 2.03. The van der Waals surface area contributed by atoms with E-state index >= 15 is 0 Å². The van der Waals surface area contributed by atoms with E-state index in [2.05, 4.69) is 15.4 Å². The molecule has 3 aromatic rings. The minimum absolute atomic E-state index is 0.468. The average molecular weight is 305 g/mol. The van der Waals surface area contributed by atoms with Crippen LogP contribution in [0, 0.1) is 6.92 Å². The van der Waals surface area contributed by atoms with Crippen LogP contribution in [0.15, 0.2) is 42.5 Å². The van der Waals surface area contributed by atoms with Gasteiger partial charge in [-0.3, -0.25) is 0 Å². The maximum absolute atomic E-state index is 5.99. The fourth-order valence-electron chi connectivity index (χ4n) is 1.75. The van der Waals surface area contributed by atoms with Gasteiger partial charge in [0.15, 0.2) is 0 Å². The number of tetrazole rings is 1. The molecule has 0 unspecified atom stereocenters. The van der Waals surface area contributed by atoms with Crippen molar-refractivity contribution in [3.63, 3.8) is 0 Å². The fourth-order valence-corrected chi connectivity index (χ4v) is 2.05. The number of nitrogens with zero attached hydrogens (tertiary/aromatic N) is 4. The SMILES string of the molecule is Cc1ccc(-n2nnc(-c3ccc(Cl)c(Cl)c3)n2)cc1. The number of aryl methyl sites for hydroxylation is 1. The third-order valence-corrected chi connectivity index (χ3v) is 3.60. The van der Waals surface area contributed by atoms with Crippen LogP contribution in [0.2, 0.25) is 10.0 Å². The molecule has 0 N–H and O–H groups in total. The lowest BCUT2D eigenvalue weighted by Crippen LogP contribution is -1.98. The van der Waals surface area contributed by atoms with Crippen LogP contribution in [-0.4, -0.2) is 20.2 Å². The van der Waals surface area contributed by atoms with E-state index in [4.69, 9.17) is 23.2 Å². The van der Waals surface area contributed by atoms with E-state index in [0.717, 1.165) is 11.3 Å². The number of benzene rings is 2. The summed E-state index contributed by atoms with van der Waals surface area (Å²) in [7, 11) is 0. The number of hydrogen-bond donors (Lipinski definition) is 0. The summed E-state index contributed by atoms with van der Waals surface area (Å²) in [6, 6.07) is 13.1. The number of aromatic nitrogens is 4. The van der Waals surface area contributed by atoms with Crippen LogP contribution in [0.4, 0.5) is 0 Å². The van der Waals surface area contributed by atoms with Crippen LogP contribution in [-0.2, 0) is 0 Å². The van der Waals surface area contributed by atoms with Crippen LogP contribution >= 0.6 is 23.2 Å². The molecule has 0 aliphatic rings. The number of halogens is 2. The Morgan fingerprint density at radius 2 is 1.70 bits per heavy atom. The van der Waals surface area contributed by atoms with Crippen LogP contribution in [0.25, 0.3) is 17.1 Å². The van der Waals surface area contributed by atoms with Crippen molar-refractivity contribution < 1.29 is 0 Å². The zero-order chi connectivity index (χ0) is 14.1. The quantitative estimate of drug-likeness (QED) is 0.720. The average Bonchev–Trinajstić information content (AvgIpc) is 2.92. The lowest BCUT2D eigenvalue weighted by molar-refractivity contribution is 0.720. The molecular weight excluding hydrogens is 295 g/mol. The molecule has 0 radical (unpaired) electrons. The molecule has 100 valence electrons. The van der Waals surface area contributed by atoms with Gasteiger partial charge in [-0.15, -0.1) is 15.0 Å². The molecule has 20 heavy (non-hydrogen) atoms. The summed E-state index contributed by atoms with van der Waals surface area (Å²) in [5, 5.41) is 13.4. The van der Waals surface area contributed by atoms with Crippen LogP contribution < -0.4 is 0 Å². The molecule has 0 bridgehead atoms. The molecule has 3 rings (SSSR count). The lowest BCUT2D eigenvalue weighted by Gasteiger charge is -1.99. The van der Waals surface area contributed by atoms with Gasteiger partial charge in [0.25, 0.3) is 0 Å². The molecule has 0 saturated carbocycles. The van der Waals surface area contributed by atoms with Crippen LogP contribution in [0.1, 0.15) is 5.56 Å². The van der Waals surface area contributed by atoms with E-state index in [1.54, 1.807) is 12.1 Å². The second kappa shape index (κ2) is 5.23. The topological polar surface area (TPSA) is 43.6 Å². The normalized spacial score (nSPS) is 10.8. The minimum atomic E-state index is 0.468. The number of rotatable bonds is 2. The zero-order valence-corrected chi connectivity index (χ0v) is 12.1. The molecule has 0 aliphatic carbocycles. The molecule has 0 amide bonds. The van der Waals surface area contributed by atoms with E-state index in [0.29, 0.717) is 15.9 Å². The standard InChI is InChI=1S/C14H10Cl2N4/c1-9-2-5-11(6-3-9)20-18-14(17-19-20)10-4-7-12(15)13(16)8-10/h2-8H,1H3. The van der Waals surface area contributed by atoms with Crippen molar-refractivity contribution in [1.82, 2.24) is 20.2 Å². The van der Waals surface area contributed by atoms with E-state index in [9.17, 15) is 0 Å². The summed E-state index contributed by atoms with van der Waals surface area (Å²) in [4.78, 5) is 1.48. The summed E-state index contributed by atoms with van der Waals surface area (Å²) in [5.41, 5.74) is 2.81. The highest BCUT2D eigenvalue weighted by Gasteiger charge is 2.09. The maximum Gasteiger partial charge on any atom is 0.205 e. The van der Waals surface area contributed by atoms with Crippen molar-refractivity contribution >= 4 is 23.2 Å². The Morgan fingerprint density at radius 1 is 0.950 bits per heavy atom. The summed E-state index contributed by atoms with van der Waals surface area (Å²) in [5.74, 6) is 0.504. The predicted molar refractivity (Wildman–Crippen MR) is 79.3 cm³/mol. The molecule has 1 aromatic heterocycles. The Balaban J connectivity index is 1.97. The molecule has 4 nitrogen and oxygen atoms in total.